The molecule has 2 aromatic carbocycles. The van der Waals surface area contributed by atoms with E-state index in [0.717, 1.165) is 10.8 Å². The molecule has 0 saturated heterocycles. The number of aromatic nitrogens is 1. The van der Waals surface area contributed by atoms with Crippen molar-refractivity contribution in [2.24, 2.45) is 0 Å². The fourth-order valence-electron chi connectivity index (χ4n) is 2.17. The molecular formula is C17H14FNO2. The number of rotatable bonds is 3. The number of aliphatic hydroxyl groups is 1. The molecule has 1 heterocycles. The summed E-state index contributed by atoms with van der Waals surface area (Å²) < 4.78 is 19.1. The van der Waals surface area contributed by atoms with Crippen molar-refractivity contribution in [3.8, 4) is 11.6 Å². The van der Waals surface area contributed by atoms with Gasteiger partial charge in [0.2, 0.25) is 5.88 Å². The van der Waals surface area contributed by atoms with E-state index in [1.165, 1.54) is 6.07 Å². The van der Waals surface area contributed by atoms with Crippen molar-refractivity contribution in [2.75, 3.05) is 0 Å². The highest BCUT2D eigenvalue weighted by Crippen LogP contribution is 2.29. The summed E-state index contributed by atoms with van der Waals surface area (Å²) >= 11 is 0. The maximum atomic E-state index is 13.3. The Balaban J connectivity index is 2.08. The Morgan fingerprint density at radius 3 is 2.71 bits per heavy atom. The molecule has 1 N–H and O–H groups in total. The number of pyridine rings is 1. The molecule has 4 heteroatoms. The van der Waals surface area contributed by atoms with E-state index in [4.69, 9.17) is 4.74 Å². The molecule has 1 aromatic heterocycles. The largest absolute Gasteiger partial charge is 0.438 e. The summed E-state index contributed by atoms with van der Waals surface area (Å²) in [6.45, 7) is 1.52. The first-order valence-electron chi connectivity index (χ1n) is 6.61. The lowest BCUT2D eigenvalue weighted by atomic mass is 10.1. The van der Waals surface area contributed by atoms with Crippen LogP contribution in [0, 0.1) is 12.7 Å². The van der Waals surface area contributed by atoms with E-state index in [9.17, 15) is 9.50 Å². The molecule has 21 heavy (non-hydrogen) atoms. The third kappa shape index (κ3) is 2.71. The van der Waals surface area contributed by atoms with Crippen molar-refractivity contribution in [1.29, 1.82) is 0 Å². The molecule has 106 valence electrons. The Bertz CT molecular complexity index is 802. The van der Waals surface area contributed by atoms with Gasteiger partial charge in [-0.1, -0.05) is 18.2 Å². The molecule has 3 aromatic rings. The topological polar surface area (TPSA) is 42.4 Å². The molecule has 0 atom stereocenters. The quantitative estimate of drug-likeness (QED) is 0.791. The highest BCUT2D eigenvalue weighted by molar-refractivity contribution is 5.87. The van der Waals surface area contributed by atoms with Crippen molar-refractivity contribution in [3.63, 3.8) is 0 Å². The van der Waals surface area contributed by atoms with Crippen molar-refractivity contribution in [3.05, 3.63) is 65.6 Å². The lowest BCUT2D eigenvalue weighted by Gasteiger charge is -2.10. The van der Waals surface area contributed by atoms with Crippen LogP contribution in [0.25, 0.3) is 10.8 Å². The van der Waals surface area contributed by atoms with E-state index in [1.54, 1.807) is 19.1 Å². The standard InChI is InChI=1S/C17H14FNO2/c1-11-8-14(6-7-16(11)18)21-17-15-5-3-2-4-12(15)9-13(10-20)19-17/h2-9,20H,10H2,1H3. The predicted molar refractivity (Wildman–Crippen MR) is 78.9 cm³/mol. The third-order valence-electron chi connectivity index (χ3n) is 3.26. The Morgan fingerprint density at radius 2 is 1.95 bits per heavy atom. The molecule has 0 bridgehead atoms. The van der Waals surface area contributed by atoms with Crippen LogP contribution in [0.1, 0.15) is 11.3 Å². The van der Waals surface area contributed by atoms with Crippen LogP contribution in [0.5, 0.6) is 11.6 Å². The average Bonchev–Trinajstić information content (AvgIpc) is 2.51. The maximum absolute atomic E-state index is 13.3. The first-order chi connectivity index (χ1) is 10.2. The lowest BCUT2D eigenvalue weighted by Crippen LogP contribution is -1.96. The summed E-state index contributed by atoms with van der Waals surface area (Å²) in [6.07, 6.45) is 0. The van der Waals surface area contributed by atoms with Crippen LogP contribution in [-0.4, -0.2) is 10.1 Å². The second-order valence-corrected chi connectivity index (χ2v) is 4.81. The first-order valence-corrected chi connectivity index (χ1v) is 6.61. The Hall–Kier alpha value is -2.46. The molecular weight excluding hydrogens is 269 g/mol. The highest BCUT2D eigenvalue weighted by Gasteiger charge is 2.09. The second kappa shape index (κ2) is 5.50. The first kappa shape index (κ1) is 13.5. The number of halogens is 1. The van der Waals surface area contributed by atoms with E-state index in [1.807, 2.05) is 30.3 Å². The van der Waals surface area contributed by atoms with E-state index >= 15 is 0 Å². The van der Waals surface area contributed by atoms with Crippen LogP contribution < -0.4 is 4.74 Å². The van der Waals surface area contributed by atoms with E-state index in [-0.39, 0.29) is 12.4 Å². The molecule has 0 radical (unpaired) electrons. The average molecular weight is 283 g/mol. The molecule has 3 rings (SSSR count). The summed E-state index contributed by atoms with van der Waals surface area (Å²) in [5.74, 6) is 0.647. The van der Waals surface area contributed by atoms with Gasteiger partial charge >= 0.3 is 0 Å². The smallest absolute Gasteiger partial charge is 0.227 e. The number of hydrogen-bond donors (Lipinski definition) is 1. The van der Waals surface area contributed by atoms with E-state index < -0.39 is 0 Å². The SMILES string of the molecule is Cc1cc(Oc2nc(CO)cc3ccccc23)ccc1F. The zero-order valence-corrected chi connectivity index (χ0v) is 11.5. The fourth-order valence-corrected chi connectivity index (χ4v) is 2.17. The molecule has 3 nitrogen and oxygen atoms in total. The molecule has 0 spiro atoms. The number of nitrogens with zero attached hydrogens (tertiary/aromatic N) is 1. The number of hydrogen-bond acceptors (Lipinski definition) is 3. The van der Waals surface area contributed by atoms with Crippen molar-refractivity contribution in [2.45, 2.75) is 13.5 Å². The van der Waals surface area contributed by atoms with E-state index in [2.05, 4.69) is 4.98 Å². The maximum Gasteiger partial charge on any atom is 0.227 e. The van der Waals surface area contributed by atoms with Crippen LogP contribution in [0.15, 0.2) is 48.5 Å². The summed E-state index contributed by atoms with van der Waals surface area (Å²) in [4.78, 5) is 4.30. The summed E-state index contributed by atoms with van der Waals surface area (Å²) in [6, 6.07) is 14.0. The van der Waals surface area contributed by atoms with Gasteiger partial charge in [-0.25, -0.2) is 9.37 Å². The number of fused-ring (bicyclic) bond motifs is 1. The Morgan fingerprint density at radius 1 is 1.14 bits per heavy atom. The van der Waals surface area contributed by atoms with E-state index in [0.29, 0.717) is 22.9 Å². The van der Waals surface area contributed by atoms with Gasteiger partial charge in [-0.15, -0.1) is 0 Å². The minimum atomic E-state index is -0.274. The highest BCUT2D eigenvalue weighted by atomic mass is 19.1. The zero-order chi connectivity index (χ0) is 14.8. The molecule has 0 amide bonds. The van der Waals surface area contributed by atoms with Crippen LogP contribution in [0.2, 0.25) is 0 Å². The van der Waals surface area contributed by atoms with Crippen molar-refractivity contribution in [1.82, 2.24) is 4.98 Å². The van der Waals surface area contributed by atoms with Gasteiger partial charge in [0.05, 0.1) is 12.3 Å². The van der Waals surface area contributed by atoms with Gasteiger partial charge in [-0.3, -0.25) is 0 Å². The minimum absolute atomic E-state index is 0.163. The van der Waals surface area contributed by atoms with Crippen molar-refractivity contribution < 1.29 is 14.2 Å². The number of aryl methyl sites for hydroxylation is 1. The lowest BCUT2D eigenvalue weighted by molar-refractivity contribution is 0.275. The normalized spacial score (nSPS) is 10.8. The Kier molecular flexibility index (Phi) is 3.54. The van der Waals surface area contributed by atoms with Crippen LogP contribution >= 0.6 is 0 Å². The molecule has 0 aliphatic heterocycles. The van der Waals surface area contributed by atoms with Gasteiger partial charge in [-0.2, -0.15) is 0 Å². The van der Waals surface area contributed by atoms with Gasteiger partial charge in [0.1, 0.15) is 11.6 Å². The molecule has 0 fully saturated rings. The van der Waals surface area contributed by atoms with Gasteiger partial charge in [0, 0.05) is 5.39 Å². The summed E-state index contributed by atoms with van der Waals surface area (Å²) in [5.41, 5.74) is 1.04. The molecule has 0 aliphatic rings. The van der Waals surface area contributed by atoms with Gasteiger partial charge in [-0.05, 0) is 48.2 Å². The minimum Gasteiger partial charge on any atom is -0.438 e. The van der Waals surface area contributed by atoms with Crippen LogP contribution in [-0.2, 0) is 6.61 Å². The fraction of sp³-hybridized carbons (Fsp3) is 0.118. The summed E-state index contributed by atoms with van der Waals surface area (Å²) in [5, 5.41) is 11.1. The van der Waals surface area contributed by atoms with Gasteiger partial charge in [0.15, 0.2) is 0 Å². The number of aliphatic hydroxyl groups excluding tert-OH is 1. The third-order valence-corrected chi connectivity index (χ3v) is 3.26. The molecule has 0 unspecified atom stereocenters. The number of benzene rings is 2. The second-order valence-electron chi connectivity index (χ2n) is 4.81. The van der Waals surface area contributed by atoms with Gasteiger partial charge in [0.25, 0.3) is 0 Å². The predicted octanol–water partition coefficient (Wildman–Crippen LogP) is 3.97. The molecule has 0 saturated carbocycles. The van der Waals surface area contributed by atoms with Crippen LogP contribution in [0.3, 0.4) is 0 Å². The summed E-state index contributed by atoms with van der Waals surface area (Å²) in [7, 11) is 0. The monoisotopic (exact) mass is 283 g/mol. The zero-order valence-electron chi connectivity index (χ0n) is 11.5. The number of ether oxygens (including phenoxy) is 1. The Labute approximate surface area is 121 Å². The van der Waals surface area contributed by atoms with Gasteiger partial charge < -0.3 is 9.84 Å². The van der Waals surface area contributed by atoms with Crippen LogP contribution in [0.4, 0.5) is 4.39 Å². The van der Waals surface area contributed by atoms with Crippen molar-refractivity contribution >= 4 is 10.8 Å². The molecule has 0 aliphatic carbocycles.